The summed E-state index contributed by atoms with van der Waals surface area (Å²) in [4.78, 5) is 33.7. The number of Topliss-reactive ketones (excluding diaryl/α,β-unsaturated/α-hetero) is 2. The van der Waals surface area contributed by atoms with E-state index >= 15 is 0 Å². The quantitative estimate of drug-likeness (QED) is 0.122. The predicted octanol–water partition coefficient (Wildman–Crippen LogP) is 7.34. The lowest BCUT2D eigenvalue weighted by Gasteiger charge is -2.31. The highest BCUT2D eigenvalue weighted by molar-refractivity contribution is 9.10. The van der Waals surface area contributed by atoms with Gasteiger partial charge in [0.2, 0.25) is 0 Å². The van der Waals surface area contributed by atoms with Crippen LogP contribution in [0.25, 0.3) is 0 Å². The van der Waals surface area contributed by atoms with Gasteiger partial charge in [-0.15, -0.1) is 0 Å². The molecule has 0 aliphatic heterocycles. The Morgan fingerprint density at radius 2 is 1.02 bits per heavy atom. The zero-order valence-electron chi connectivity index (χ0n) is 28.5. The number of carbonyl (C=O) groups excluding carboxylic acids is 2. The number of aromatic nitrogens is 2. The maximum Gasteiger partial charge on any atom is 0.163 e. The van der Waals surface area contributed by atoms with E-state index in [2.05, 4.69) is 41.8 Å². The Labute approximate surface area is 318 Å². The standard InChI is InChI=1S/2C20H21BrFNO3/c2*21-15-5-4-12(17(22)10-15)8-14-11-23-7-6-16(14)19(25)9-13-2-1-3-18(24)20(13)26/h2*4-7,10-11,13,18,20,24,26H,1-3,8-9H2/t2*13-,18+,20-/m10/s1. The van der Waals surface area contributed by atoms with E-state index in [-0.39, 0.29) is 60.7 Å². The van der Waals surface area contributed by atoms with Gasteiger partial charge in [0.05, 0.1) is 24.4 Å². The molecule has 8 nitrogen and oxygen atoms in total. The molecule has 4 aromatic rings. The molecule has 12 heteroatoms. The lowest BCUT2D eigenvalue weighted by atomic mass is 9.80. The molecule has 6 rings (SSSR count). The Bertz CT molecular complexity index is 1730. The highest BCUT2D eigenvalue weighted by atomic mass is 79.9. The average molecular weight is 845 g/mol. The minimum atomic E-state index is -0.873. The molecule has 0 unspecified atom stereocenters. The van der Waals surface area contributed by atoms with Crippen LogP contribution in [0.15, 0.2) is 82.3 Å². The van der Waals surface area contributed by atoms with Gasteiger partial charge in [-0.05, 0) is 96.2 Å². The summed E-state index contributed by atoms with van der Waals surface area (Å²) in [6.07, 6.45) is 7.98. The maximum absolute atomic E-state index is 14.1. The minimum Gasteiger partial charge on any atom is -0.390 e. The molecule has 0 spiro atoms. The first kappa shape index (κ1) is 39.9. The first-order valence-corrected chi connectivity index (χ1v) is 19.0. The third-order valence-electron chi connectivity index (χ3n) is 10.00. The molecule has 4 N–H and O–H groups in total. The second-order valence-corrected chi connectivity index (χ2v) is 15.5. The molecule has 0 amide bonds. The van der Waals surface area contributed by atoms with Crippen LogP contribution in [0.4, 0.5) is 8.78 Å². The summed E-state index contributed by atoms with van der Waals surface area (Å²) in [5, 5.41) is 39.9. The Morgan fingerprint density at radius 1 is 0.615 bits per heavy atom. The fourth-order valence-corrected chi connectivity index (χ4v) is 7.72. The molecule has 52 heavy (non-hydrogen) atoms. The van der Waals surface area contributed by atoms with E-state index in [4.69, 9.17) is 0 Å². The van der Waals surface area contributed by atoms with Crippen LogP contribution in [0.1, 0.15) is 94.3 Å². The molecule has 2 aromatic carbocycles. The van der Waals surface area contributed by atoms with E-state index in [1.807, 2.05) is 0 Å². The Morgan fingerprint density at radius 3 is 1.40 bits per heavy atom. The molecule has 2 fully saturated rings. The van der Waals surface area contributed by atoms with Crippen LogP contribution in [0.2, 0.25) is 0 Å². The van der Waals surface area contributed by atoms with Crippen LogP contribution in [0.5, 0.6) is 0 Å². The van der Waals surface area contributed by atoms with Gasteiger partial charge in [0.15, 0.2) is 11.6 Å². The van der Waals surface area contributed by atoms with Crippen molar-refractivity contribution in [3.63, 3.8) is 0 Å². The highest BCUT2D eigenvalue weighted by Gasteiger charge is 2.33. The fourth-order valence-electron chi connectivity index (χ4n) is 7.05. The number of ketones is 2. The van der Waals surface area contributed by atoms with E-state index in [1.165, 1.54) is 12.1 Å². The van der Waals surface area contributed by atoms with Gasteiger partial charge in [0, 0.05) is 70.5 Å². The van der Waals surface area contributed by atoms with Gasteiger partial charge in [-0.1, -0.05) is 56.8 Å². The summed E-state index contributed by atoms with van der Waals surface area (Å²) in [6.45, 7) is 0. The molecule has 2 heterocycles. The zero-order valence-corrected chi connectivity index (χ0v) is 31.6. The zero-order chi connectivity index (χ0) is 37.4. The fraction of sp³-hybridized carbons (Fsp3) is 0.400. The van der Waals surface area contributed by atoms with Gasteiger partial charge in [-0.25, -0.2) is 8.78 Å². The first-order valence-electron chi connectivity index (χ1n) is 17.4. The molecule has 2 aliphatic rings. The highest BCUT2D eigenvalue weighted by Crippen LogP contribution is 2.31. The van der Waals surface area contributed by atoms with Crippen molar-refractivity contribution < 1.29 is 38.8 Å². The largest absolute Gasteiger partial charge is 0.390 e. The molecule has 2 saturated carbocycles. The summed E-state index contributed by atoms with van der Waals surface area (Å²) >= 11 is 6.47. The van der Waals surface area contributed by atoms with Gasteiger partial charge in [0.25, 0.3) is 0 Å². The van der Waals surface area contributed by atoms with Gasteiger partial charge in [-0.2, -0.15) is 0 Å². The molecular formula is C40H42Br2F2N2O6. The van der Waals surface area contributed by atoms with Crippen LogP contribution in [0, 0.1) is 23.5 Å². The number of hydrogen-bond donors (Lipinski definition) is 4. The number of aliphatic hydroxyl groups excluding tert-OH is 4. The van der Waals surface area contributed by atoms with Gasteiger partial charge >= 0.3 is 0 Å². The smallest absolute Gasteiger partial charge is 0.163 e. The molecule has 0 saturated heterocycles. The number of rotatable bonds is 10. The third kappa shape index (κ3) is 10.4. The molecular weight excluding hydrogens is 802 g/mol. The number of carbonyl (C=O) groups is 2. The number of pyridine rings is 2. The topological polar surface area (TPSA) is 141 Å². The van der Waals surface area contributed by atoms with Gasteiger partial charge < -0.3 is 20.4 Å². The lowest BCUT2D eigenvalue weighted by Crippen LogP contribution is -2.38. The maximum atomic E-state index is 14.1. The summed E-state index contributed by atoms with van der Waals surface area (Å²) < 4.78 is 29.6. The second-order valence-electron chi connectivity index (χ2n) is 13.6. The Kier molecular flexibility index (Phi) is 14.3. The summed E-state index contributed by atoms with van der Waals surface area (Å²) in [6, 6.07) is 13.0. The number of halogens is 4. The average Bonchev–Trinajstić information content (AvgIpc) is 3.12. The molecule has 2 aliphatic carbocycles. The number of nitrogens with zero attached hydrogens (tertiary/aromatic N) is 2. The molecule has 276 valence electrons. The van der Waals surface area contributed by atoms with E-state index < -0.39 is 24.4 Å². The van der Waals surface area contributed by atoms with Gasteiger partial charge in [0.1, 0.15) is 11.6 Å². The Hall–Kier alpha value is -3.26. The summed E-state index contributed by atoms with van der Waals surface area (Å²) in [5.74, 6) is -1.41. The second kappa shape index (κ2) is 18.7. The number of hydrogen-bond acceptors (Lipinski definition) is 8. The van der Waals surface area contributed by atoms with Crippen LogP contribution >= 0.6 is 31.9 Å². The monoisotopic (exact) mass is 842 g/mol. The van der Waals surface area contributed by atoms with Crippen LogP contribution < -0.4 is 0 Å². The SMILES string of the molecule is O=C(C[C@@H]1CCC[C@@H](O)[C@H]1O)c1ccncc1Cc1ccc(Br)cc1F.O=C(C[C@H]1CCC[C@H](O)[C@@H]1O)c1ccncc1Cc1ccc(Br)cc1F. The lowest BCUT2D eigenvalue weighted by molar-refractivity contribution is -0.0445. The number of benzene rings is 2. The third-order valence-corrected chi connectivity index (χ3v) is 11.0. The Balaban J connectivity index is 0.000000201. The molecule has 0 bridgehead atoms. The summed E-state index contributed by atoms with van der Waals surface area (Å²) in [7, 11) is 0. The van der Waals surface area contributed by atoms with Crippen molar-refractivity contribution in [1.82, 2.24) is 9.97 Å². The van der Waals surface area contributed by atoms with Crippen LogP contribution in [-0.4, -0.2) is 66.4 Å². The van der Waals surface area contributed by atoms with E-state index in [9.17, 15) is 38.8 Å². The predicted molar refractivity (Wildman–Crippen MR) is 199 cm³/mol. The van der Waals surface area contributed by atoms with Crippen molar-refractivity contribution in [2.24, 2.45) is 11.8 Å². The van der Waals surface area contributed by atoms with Crippen molar-refractivity contribution in [3.05, 3.63) is 127 Å². The van der Waals surface area contributed by atoms with Gasteiger partial charge in [-0.3, -0.25) is 19.6 Å². The van der Waals surface area contributed by atoms with E-state index in [0.29, 0.717) is 68.0 Å². The van der Waals surface area contributed by atoms with Crippen LogP contribution in [-0.2, 0) is 12.8 Å². The van der Waals surface area contributed by atoms with Crippen molar-refractivity contribution in [1.29, 1.82) is 0 Å². The molecule has 6 atom stereocenters. The van der Waals surface area contributed by atoms with E-state index in [1.54, 1.807) is 61.2 Å². The minimum absolute atomic E-state index is 0.113. The van der Waals surface area contributed by atoms with Crippen molar-refractivity contribution in [2.45, 2.75) is 88.6 Å². The van der Waals surface area contributed by atoms with Crippen molar-refractivity contribution in [2.75, 3.05) is 0 Å². The number of aliphatic hydroxyl groups is 4. The van der Waals surface area contributed by atoms with Crippen molar-refractivity contribution in [3.8, 4) is 0 Å². The van der Waals surface area contributed by atoms with E-state index in [0.717, 1.165) is 12.8 Å². The van der Waals surface area contributed by atoms with Crippen LogP contribution in [0.3, 0.4) is 0 Å². The molecule has 0 radical (unpaired) electrons. The normalized spacial score (nSPS) is 23.0. The first-order chi connectivity index (χ1) is 24.9. The molecule has 2 aromatic heterocycles. The summed E-state index contributed by atoms with van der Waals surface area (Å²) in [5.41, 5.74) is 3.28. The van der Waals surface area contributed by atoms with Crippen molar-refractivity contribution >= 4 is 43.4 Å².